The fourth-order valence-electron chi connectivity index (χ4n) is 2.46. The summed E-state index contributed by atoms with van der Waals surface area (Å²) in [6, 6.07) is 11.2. The average molecular weight is 375 g/mol. The number of benzene rings is 2. The third kappa shape index (κ3) is 4.25. The molecule has 6 nitrogen and oxygen atoms in total. The van der Waals surface area contributed by atoms with Crippen LogP contribution in [0.15, 0.2) is 53.5 Å². The zero-order valence-electron chi connectivity index (χ0n) is 13.7. The van der Waals surface area contributed by atoms with Crippen molar-refractivity contribution in [1.82, 2.24) is 15.1 Å². The van der Waals surface area contributed by atoms with E-state index in [4.69, 9.17) is 11.6 Å². The topological polar surface area (TPSA) is 76.0 Å². The molecule has 2 N–H and O–H groups in total. The van der Waals surface area contributed by atoms with Gasteiger partial charge in [0.15, 0.2) is 0 Å². The Morgan fingerprint density at radius 3 is 2.85 bits per heavy atom. The number of carbonyl (C=O) groups excluding carboxylic acids is 1. The van der Waals surface area contributed by atoms with Crippen molar-refractivity contribution in [2.45, 2.75) is 6.54 Å². The highest BCUT2D eigenvalue weighted by Crippen LogP contribution is 2.18. The number of aromatic nitrogens is 2. The maximum absolute atomic E-state index is 13.6. The van der Waals surface area contributed by atoms with Crippen LogP contribution in [0.2, 0.25) is 5.02 Å². The van der Waals surface area contributed by atoms with Crippen molar-refractivity contribution >= 4 is 34.0 Å². The van der Waals surface area contributed by atoms with Gasteiger partial charge in [0.05, 0.1) is 30.4 Å². The summed E-state index contributed by atoms with van der Waals surface area (Å²) in [5.74, 6) is -0.997. The molecule has 1 amide bonds. The molecule has 0 aliphatic heterocycles. The van der Waals surface area contributed by atoms with Gasteiger partial charge in [-0.3, -0.25) is 9.59 Å². The second-order valence-corrected chi connectivity index (χ2v) is 6.05. The Hall–Kier alpha value is -2.77. The molecule has 0 radical (unpaired) electrons. The van der Waals surface area contributed by atoms with Crippen LogP contribution in [0.1, 0.15) is 0 Å². The lowest BCUT2D eigenvalue weighted by molar-refractivity contribution is -0.115. The summed E-state index contributed by atoms with van der Waals surface area (Å²) in [5.41, 5.74) is -0.119. The van der Waals surface area contributed by atoms with Crippen molar-refractivity contribution in [3.63, 3.8) is 0 Å². The Kier molecular flexibility index (Phi) is 5.60. The quantitative estimate of drug-likeness (QED) is 0.650. The Morgan fingerprint density at radius 2 is 2.04 bits per heavy atom. The van der Waals surface area contributed by atoms with Gasteiger partial charge < -0.3 is 10.6 Å². The predicted molar refractivity (Wildman–Crippen MR) is 98.9 cm³/mol. The van der Waals surface area contributed by atoms with E-state index in [1.165, 1.54) is 16.8 Å². The fourth-order valence-corrected chi connectivity index (χ4v) is 2.62. The van der Waals surface area contributed by atoms with Crippen LogP contribution in [0.3, 0.4) is 0 Å². The highest BCUT2D eigenvalue weighted by atomic mass is 35.5. The summed E-state index contributed by atoms with van der Waals surface area (Å²) in [4.78, 5) is 24.1. The smallest absolute Gasteiger partial charge is 0.274 e. The molecule has 8 heteroatoms. The SMILES string of the molecule is O=C(CNCCn1ncc2ccccc2c1=O)Nc1ccc(Cl)cc1F. The second kappa shape index (κ2) is 8.07. The van der Waals surface area contributed by atoms with Gasteiger partial charge in [-0.1, -0.05) is 29.8 Å². The summed E-state index contributed by atoms with van der Waals surface area (Å²) in [6.45, 7) is 0.651. The first-order valence-corrected chi connectivity index (χ1v) is 8.33. The molecule has 1 heterocycles. The lowest BCUT2D eigenvalue weighted by Crippen LogP contribution is -2.33. The van der Waals surface area contributed by atoms with Crippen LogP contribution < -0.4 is 16.2 Å². The van der Waals surface area contributed by atoms with Crippen LogP contribution in [0, 0.1) is 5.82 Å². The van der Waals surface area contributed by atoms with E-state index in [1.54, 1.807) is 18.3 Å². The Morgan fingerprint density at radius 1 is 1.23 bits per heavy atom. The predicted octanol–water partition coefficient (Wildman–Crippen LogP) is 2.42. The van der Waals surface area contributed by atoms with E-state index in [-0.39, 0.29) is 22.8 Å². The maximum atomic E-state index is 13.6. The lowest BCUT2D eigenvalue weighted by atomic mass is 10.2. The Balaban J connectivity index is 1.52. The van der Waals surface area contributed by atoms with E-state index in [2.05, 4.69) is 15.7 Å². The monoisotopic (exact) mass is 374 g/mol. The van der Waals surface area contributed by atoms with Gasteiger partial charge in [0.25, 0.3) is 5.56 Å². The van der Waals surface area contributed by atoms with Crippen molar-refractivity contribution in [3.05, 3.63) is 69.9 Å². The highest BCUT2D eigenvalue weighted by Gasteiger charge is 2.08. The molecule has 26 heavy (non-hydrogen) atoms. The minimum Gasteiger partial charge on any atom is -0.322 e. The first-order valence-electron chi connectivity index (χ1n) is 7.95. The Labute approximate surface area is 153 Å². The van der Waals surface area contributed by atoms with Crippen LogP contribution in [0.25, 0.3) is 10.8 Å². The third-order valence-electron chi connectivity index (χ3n) is 3.75. The molecule has 0 aliphatic carbocycles. The molecule has 0 saturated carbocycles. The fraction of sp³-hybridized carbons (Fsp3) is 0.167. The summed E-state index contributed by atoms with van der Waals surface area (Å²) in [6.07, 6.45) is 1.63. The summed E-state index contributed by atoms with van der Waals surface area (Å²) >= 11 is 5.66. The minimum atomic E-state index is -0.599. The molecular weight excluding hydrogens is 359 g/mol. The number of halogens is 2. The van der Waals surface area contributed by atoms with Gasteiger partial charge >= 0.3 is 0 Å². The van der Waals surface area contributed by atoms with E-state index in [0.29, 0.717) is 18.5 Å². The molecule has 0 atom stereocenters. The number of hydrogen-bond acceptors (Lipinski definition) is 4. The van der Waals surface area contributed by atoms with Gasteiger partial charge in [-0.25, -0.2) is 9.07 Å². The first kappa shape index (κ1) is 18.0. The molecular formula is C18H16ClFN4O2. The van der Waals surface area contributed by atoms with E-state index in [0.717, 1.165) is 11.5 Å². The molecule has 134 valence electrons. The number of nitrogens with one attached hydrogen (secondary N) is 2. The Bertz CT molecular complexity index is 1010. The van der Waals surface area contributed by atoms with E-state index >= 15 is 0 Å². The van der Waals surface area contributed by atoms with Crippen molar-refractivity contribution < 1.29 is 9.18 Å². The maximum Gasteiger partial charge on any atom is 0.274 e. The number of fused-ring (bicyclic) bond motifs is 1. The van der Waals surface area contributed by atoms with Gasteiger partial charge in [0.1, 0.15) is 5.82 Å². The number of rotatable bonds is 6. The van der Waals surface area contributed by atoms with Crippen LogP contribution in [-0.4, -0.2) is 28.8 Å². The number of hydrogen-bond donors (Lipinski definition) is 2. The molecule has 0 fully saturated rings. The largest absolute Gasteiger partial charge is 0.322 e. The van der Waals surface area contributed by atoms with Crippen molar-refractivity contribution in [1.29, 1.82) is 0 Å². The van der Waals surface area contributed by atoms with Gasteiger partial charge in [0.2, 0.25) is 5.91 Å². The van der Waals surface area contributed by atoms with Crippen LogP contribution in [-0.2, 0) is 11.3 Å². The second-order valence-electron chi connectivity index (χ2n) is 5.61. The standard InChI is InChI=1S/C18H16ClFN4O2/c19-13-5-6-16(15(20)9-13)23-17(25)11-21-7-8-24-18(26)14-4-2-1-3-12(14)10-22-24/h1-6,9-10,21H,7-8,11H2,(H,23,25). The molecule has 0 saturated heterocycles. The van der Waals surface area contributed by atoms with Gasteiger partial charge in [-0.2, -0.15) is 5.10 Å². The number of carbonyl (C=O) groups is 1. The minimum absolute atomic E-state index is 0.0234. The van der Waals surface area contributed by atoms with Crippen molar-refractivity contribution in [2.75, 3.05) is 18.4 Å². The molecule has 2 aromatic carbocycles. The van der Waals surface area contributed by atoms with E-state index in [1.807, 2.05) is 12.1 Å². The van der Waals surface area contributed by atoms with Crippen LogP contribution in [0.5, 0.6) is 0 Å². The average Bonchev–Trinajstić information content (AvgIpc) is 2.63. The van der Waals surface area contributed by atoms with Gasteiger partial charge in [0, 0.05) is 17.0 Å². The van der Waals surface area contributed by atoms with Crippen molar-refractivity contribution in [3.8, 4) is 0 Å². The van der Waals surface area contributed by atoms with E-state index in [9.17, 15) is 14.0 Å². The van der Waals surface area contributed by atoms with E-state index < -0.39 is 11.7 Å². The van der Waals surface area contributed by atoms with Crippen molar-refractivity contribution in [2.24, 2.45) is 0 Å². The zero-order chi connectivity index (χ0) is 18.5. The first-order chi connectivity index (χ1) is 12.5. The molecule has 3 aromatic rings. The van der Waals surface area contributed by atoms with Gasteiger partial charge in [-0.05, 0) is 24.3 Å². The zero-order valence-corrected chi connectivity index (χ0v) is 14.5. The molecule has 0 aliphatic rings. The summed E-state index contributed by atoms with van der Waals surface area (Å²) in [5, 5.41) is 11.1. The number of anilines is 1. The molecule has 0 bridgehead atoms. The number of nitrogens with zero attached hydrogens (tertiary/aromatic N) is 2. The normalized spacial score (nSPS) is 10.8. The number of amides is 1. The molecule has 3 rings (SSSR count). The van der Waals surface area contributed by atoms with Gasteiger partial charge in [-0.15, -0.1) is 0 Å². The highest BCUT2D eigenvalue weighted by molar-refractivity contribution is 6.30. The summed E-state index contributed by atoms with van der Waals surface area (Å²) < 4.78 is 15.0. The molecule has 1 aromatic heterocycles. The van der Waals surface area contributed by atoms with Crippen LogP contribution >= 0.6 is 11.6 Å². The van der Waals surface area contributed by atoms with Crippen LogP contribution in [0.4, 0.5) is 10.1 Å². The third-order valence-corrected chi connectivity index (χ3v) is 3.99. The molecule has 0 unspecified atom stereocenters. The molecule has 0 spiro atoms. The lowest BCUT2D eigenvalue weighted by Gasteiger charge is -2.09. The summed E-state index contributed by atoms with van der Waals surface area (Å²) in [7, 11) is 0.